The normalized spacial score (nSPS) is 24.8. The fourth-order valence-electron chi connectivity index (χ4n) is 2.17. The highest BCUT2D eigenvalue weighted by Gasteiger charge is 2.35. The molecule has 0 spiro atoms. The van der Waals surface area contributed by atoms with Gasteiger partial charge in [0.15, 0.2) is 0 Å². The first-order chi connectivity index (χ1) is 7.66. The van der Waals surface area contributed by atoms with E-state index >= 15 is 0 Å². The number of carboxylic acid groups (broad SMARTS) is 1. The lowest BCUT2D eigenvalue weighted by molar-refractivity contribution is -0.148. The molecule has 1 fully saturated rings. The number of carbonyl (C=O) groups excluding carboxylic acids is 1. The maximum Gasteiger partial charge on any atom is 0.307 e. The molecule has 0 saturated heterocycles. The van der Waals surface area contributed by atoms with E-state index in [0.29, 0.717) is 19.4 Å². The lowest BCUT2D eigenvalue weighted by atomic mass is 9.79. The Balaban J connectivity index is 2.50. The third kappa shape index (κ3) is 3.36. The lowest BCUT2D eigenvalue weighted by Crippen LogP contribution is -2.40. The molecular weight excluding hydrogens is 206 g/mol. The molecule has 0 aromatic rings. The number of aliphatic carboxylic acids is 1. The van der Waals surface area contributed by atoms with Crippen LogP contribution in [0.4, 0.5) is 0 Å². The molecule has 1 aliphatic rings. The molecule has 0 radical (unpaired) electrons. The van der Waals surface area contributed by atoms with Gasteiger partial charge in [-0.05, 0) is 19.3 Å². The molecule has 0 unspecified atom stereocenters. The molecule has 1 rings (SSSR count). The summed E-state index contributed by atoms with van der Waals surface area (Å²) in [5.74, 6) is -1.81. The second-order valence-electron chi connectivity index (χ2n) is 4.20. The summed E-state index contributed by atoms with van der Waals surface area (Å²) in [5, 5.41) is 11.8. The first-order valence-electron chi connectivity index (χ1n) is 5.78. The first kappa shape index (κ1) is 12.7. The van der Waals surface area contributed by atoms with Crippen molar-refractivity contribution in [2.75, 3.05) is 6.54 Å². The Morgan fingerprint density at radius 1 is 1.31 bits per heavy atom. The maximum atomic E-state index is 11.8. The van der Waals surface area contributed by atoms with Crippen molar-refractivity contribution in [3.8, 4) is 0 Å². The van der Waals surface area contributed by atoms with Gasteiger partial charge in [0.25, 0.3) is 0 Å². The van der Waals surface area contributed by atoms with E-state index in [1.165, 1.54) is 0 Å². The van der Waals surface area contributed by atoms with Crippen molar-refractivity contribution in [1.82, 2.24) is 5.32 Å². The van der Waals surface area contributed by atoms with Gasteiger partial charge in [0.1, 0.15) is 0 Å². The molecule has 0 aliphatic heterocycles. The van der Waals surface area contributed by atoms with Gasteiger partial charge < -0.3 is 10.4 Å². The summed E-state index contributed by atoms with van der Waals surface area (Å²) < 4.78 is 0. The maximum absolute atomic E-state index is 11.8. The zero-order chi connectivity index (χ0) is 12.0. The van der Waals surface area contributed by atoms with Crippen molar-refractivity contribution in [3.05, 3.63) is 12.7 Å². The minimum atomic E-state index is -0.844. The minimum Gasteiger partial charge on any atom is -0.481 e. The van der Waals surface area contributed by atoms with Crippen LogP contribution in [0.5, 0.6) is 0 Å². The number of amides is 1. The first-order valence-corrected chi connectivity index (χ1v) is 5.78. The van der Waals surface area contributed by atoms with Gasteiger partial charge in [0.2, 0.25) is 5.91 Å². The smallest absolute Gasteiger partial charge is 0.307 e. The van der Waals surface area contributed by atoms with Gasteiger partial charge in [-0.1, -0.05) is 18.9 Å². The van der Waals surface area contributed by atoms with Crippen LogP contribution in [-0.2, 0) is 9.59 Å². The highest BCUT2D eigenvalue weighted by atomic mass is 16.4. The van der Waals surface area contributed by atoms with Crippen LogP contribution in [-0.4, -0.2) is 23.5 Å². The molecule has 16 heavy (non-hydrogen) atoms. The van der Waals surface area contributed by atoms with Crippen LogP contribution in [0.3, 0.4) is 0 Å². The summed E-state index contributed by atoms with van der Waals surface area (Å²) >= 11 is 0. The number of carbonyl (C=O) groups is 2. The van der Waals surface area contributed by atoms with E-state index in [1.54, 1.807) is 6.08 Å². The van der Waals surface area contributed by atoms with Crippen molar-refractivity contribution in [3.63, 3.8) is 0 Å². The van der Waals surface area contributed by atoms with E-state index in [-0.39, 0.29) is 11.8 Å². The van der Waals surface area contributed by atoms with Crippen molar-refractivity contribution in [2.24, 2.45) is 11.8 Å². The van der Waals surface area contributed by atoms with Crippen LogP contribution in [0, 0.1) is 11.8 Å². The number of hydrogen-bond donors (Lipinski definition) is 2. The molecule has 0 heterocycles. The van der Waals surface area contributed by atoms with Gasteiger partial charge in [-0.15, -0.1) is 6.58 Å². The van der Waals surface area contributed by atoms with E-state index in [2.05, 4.69) is 11.9 Å². The van der Waals surface area contributed by atoms with Crippen LogP contribution in [0.1, 0.15) is 32.1 Å². The second-order valence-corrected chi connectivity index (χ2v) is 4.20. The van der Waals surface area contributed by atoms with Crippen molar-refractivity contribution in [1.29, 1.82) is 0 Å². The van der Waals surface area contributed by atoms with Gasteiger partial charge in [0.05, 0.1) is 11.8 Å². The minimum absolute atomic E-state index is 0.117. The second kappa shape index (κ2) is 6.30. The molecular formula is C12H19NO3. The molecule has 0 aromatic heterocycles. The van der Waals surface area contributed by atoms with E-state index in [4.69, 9.17) is 5.11 Å². The zero-order valence-corrected chi connectivity index (χ0v) is 9.45. The van der Waals surface area contributed by atoms with Crippen molar-refractivity contribution >= 4 is 11.9 Å². The van der Waals surface area contributed by atoms with Crippen LogP contribution >= 0.6 is 0 Å². The lowest BCUT2D eigenvalue weighted by Gasteiger charge is -2.27. The molecule has 1 aliphatic carbocycles. The summed E-state index contributed by atoms with van der Waals surface area (Å²) in [6.45, 7) is 4.11. The molecule has 4 nitrogen and oxygen atoms in total. The standard InChI is InChI=1S/C12H19NO3/c1-2-3-8-13-11(14)9-6-4-5-7-10(9)12(15)16/h2,9-10H,1,3-8H2,(H,13,14)(H,15,16)/t9-,10+/m1/s1. The Labute approximate surface area is 95.7 Å². The molecule has 90 valence electrons. The highest BCUT2D eigenvalue weighted by Crippen LogP contribution is 2.30. The predicted octanol–water partition coefficient (Wildman–Crippen LogP) is 1.57. The quantitative estimate of drug-likeness (QED) is 0.551. The van der Waals surface area contributed by atoms with Gasteiger partial charge in [-0.3, -0.25) is 9.59 Å². The van der Waals surface area contributed by atoms with Crippen molar-refractivity contribution in [2.45, 2.75) is 32.1 Å². The largest absolute Gasteiger partial charge is 0.481 e. The Kier molecular flexibility index (Phi) is 5.02. The highest BCUT2D eigenvalue weighted by molar-refractivity contribution is 5.84. The Morgan fingerprint density at radius 3 is 2.50 bits per heavy atom. The summed E-state index contributed by atoms with van der Waals surface area (Å²) in [7, 11) is 0. The summed E-state index contributed by atoms with van der Waals surface area (Å²) in [6, 6.07) is 0. The number of rotatable bonds is 5. The summed E-state index contributed by atoms with van der Waals surface area (Å²) in [4.78, 5) is 22.8. The average Bonchev–Trinajstić information content (AvgIpc) is 2.29. The monoisotopic (exact) mass is 225 g/mol. The van der Waals surface area contributed by atoms with E-state index < -0.39 is 11.9 Å². The van der Waals surface area contributed by atoms with Crippen LogP contribution in [0.15, 0.2) is 12.7 Å². The predicted molar refractivity (Wildman–Crippen MR) is 60.9 cm³/mol. The van der Waals surface area contributed by atoms with Crippen molar-refractivity contribution < 1.29 is 14.7 Å². The van der Waals surface area contributed by atoms with E-state index in [9.17, 15) is 9.59 Å². The zero-order valence-electron chi connectivity index (χ0n) is 9.45. The topological polar surface area (TPSA) is 66.4 Å². The summed E-state index contributed by atoms with van der Waals surface area (Å²) in [5.41, 5.74) is 0. The molecule has 1 saturated carbocycles. The van der Waals surface area contributed by atoms with E-state index in [1.807, 2.05) is 0 Å². The molecule has 4 heteroatoms. The molecule has 0 bridgehead atoms. The van der Waals surface area contributed by atoms with Crippen LogP contribution in [0.2, 0.25) is 0 Å². The van der Waals surface area contributed by atoms with E-state index in [0.717, 1.165) is 19.3 Å². The Morgan fingerprint density at radius 2 is 1.94 bits per heavy atom. The Bertz CT molecular complexity index is 275. The average molecular weight is 225 g/mol. The molecule has 2 N–H and O–H groups in total. The number of hydrogen-bond acceptors (Lipinski definition) is 2. The van der Waals surface area contributed by atoms with Crippen LogP contribution in [0.25, 0.3) is 0 Å². The Hall–Kier alpha value is -1.32. The SMILES string of the molecule is C=CCCNC(=O)[C@@H]1CCCC[C@@H]1C(=O)O. The third-order valence-corrected chi connectivity index (χ3v) is 3.07. The molecule has 1 amide bonds. The fourth-order valence-corrected chi connectivity index (χ4v) is 2.17. The van der Waals surface area contributed by atoms with Gasteiger partial charge in [0, 0.05) is 6.54 Å². The molecule has 2 atom stereocenters. The van der Waals surface area contributed by atoms with Crippen LogP contribution < -0.4 is 5.32 Å². The van der Waals surface area contributed by atoms with Gasteiger partial charge >= 0.3 is 5.97 Å². The fraction of sp³-hybridized carbons (Fsp3) is 0.667. The van der Waals surface area contributed by atoms with Gasteiger partial charge in [-0.2, -0.15) is 0 Å². The summed E-state index contributed by atoms with van der Waals surface area (Å²) in [6.07, 6.45) is 5.62. The third-order valence-electron chi connectivity index (χ3n) is 3.07. The number of carboxylic acids is 1. The molecule has 0 aromatic carbocycles. The number of nitrogens with one attached hydrogen (secondary N) is 1. The van der Waals surface area contributed by atoms with Gasteiger partial charge in [-0.25, -0.2) is 0 Å².